The summed E-state index contributed by atoms with van der Waals surface area (Å²) >= 11 is 0. The van der Waals surface area contributed by atoms with Gasteiger partial charge in [-0.25, -0.2) is 0 Å². The Kier molecular flexibility index (Phi) is 3.83. The van der Waals surface area contributed by atoms with Gasteiger partial charge in [-0.15, -0.1) is 0 Å². The fourth-order valence-corrected chi connectivity index (χ4v) is 2.24. The van der Waals surface area contributed by atoms with Crippen LogP contribution in [0, 0.1) is 11.3 Å². The molecule has 0 spiro atoms. The van der Waals surface area contributed by atoms with Crippen molar-refractivity contribution in [2.45, 2.75) is 37.6 Å². The Morgan fingerprint density at radius 2 is 2.22 bits per heavy atom. The zero-order valence-electron chi connectivity index (χ0n) is 10.2. The molecule has 1 aliphatic rings. The van der Waals surface area contributed by atoms with Gasteiger partial charge in [0, 0.05) is 6.08 Å². The molecule has 1 aromatic heterocycles. The number of hydrogen-bond acceptors (Lipinski definition) is 3. The van der Waals surface area contributed by atoms with Gasteiger partial charge in [0.2, 0.25) is 5.91 Å². The third-order valence-corrected chi connectivity index (χ3v) is 3.23. The van der Waals surface area contributed by atoms with Gasteiger partial charge in [-0.2, -0.15) is 5.26 Å². The van der Waals surface area contributed by atoms with Crippen LogP contribution in [0.3, 0.4) is 0 Å². The molecule has 18 heavy (non-hydrogen) atoms. The Bertz CT molecular complexity index is 462. The lowest BCUT2D eigenvalue weighted by Gasteiger charge is -2.30. The zero-order chi connectivity index (χ0) is 12.8. The molecule has 1 aromatic rings. The number of carbonyl (C=O) groups is 1. The normalized spacial score (nSPS) is 18.4. The second-order valence-electron chi connectivity index (χ2n) is 4.59. The van der Waals surface area contributed by atoms with E-state index in [2.05, 4.69) is 11.4 Å². The molecule has 0 unspecified atom stereocenters. The molecule has 1 aliphatic carbocycles. The topological polar surface area (TPSA) is 66.0 Å². The summed E-state index contributed by atoms with van der Waals surface area (Å²) in [5.74, 6) is 0.384. The second kappa shape index (κ2) is 5.54. The van der Waals surface area contributed by atoms with Gasteiger partial charge in [0.25, 0.3) is 0 Å². The van der Waals surface area contributed by atoms with Gasteiger partial charge in [0.15, 0.2) is 0 Å². The van der Waals surface area contributed by atoms with Crippen molar-refractivity contribution < 1.29 is 9.21 Å². The third-order valence-electron chi connectivity index (χ3n) is 3.23. The van der Waals surface area contributed by atoms with E-state index >= 15 is 0 Å². The molecule has 0 bridgehead atoms. The van der Waals surface area contributed by atoms with E-state index in [9.17, 15) is 10.1 Å². The van der Waals surface area contributed by atoms with Crippen molar-refractivity contribution in [2.75, 3.05) is 0 Å². The number of rotatable bonds is 3. The van der Waals surface area contributed by atoms with Crippen LogP contribution in [0.2, 0.25) is 0 Å². The van der Waals surface area contributed by atoms with Crippen molar-refractivity contribution in [3.8, 4) is 6.07 Å². The van der Waals surface area contributed by atoms with E-state index in [4.69, 9.17) is 4.42 Å². The molecular formula is C14H16N2O2. The minimum Gasteiger partial charge on any atom is -0.465 e. The summed E-state index contributed by atoms with van der Waals surface area (Å²) in [7, 11) is 0. The van der Waals surface area contributed by atoms with E-state index in [0.717, 1.165) is 32.1 Å². The van der Waals surface area contributed by atoms with Crippen LogP contribution in [0.1, 0.15) is 37.9 Å². The maximum absolute atomic E-state index is 11.8. The van der Waals surface area contributed by atoms with Crippen LogP contribution in [0.4, 0.5) is 0 Å². The Balaban J connectivity index is 1.96. The highest BCUT2D eigenvalue weighted by Crippen LogP contribution is 2.27. The largest absolute Gasteiger partial charge is 0.465 e. The van der Waals surface area contributed by atoms with E-state index in [1.165, 1.54) is 6.08 Å². The van der Waals surface area contributed by atoms with E-state index < -0.39 is 5.54 Å². The lowest BCUT2D eigenvalue weighted by molar-refractivity contribution is -0.118. The summed E-state index contributed by atoms with van der Waals surface area (Å²) in [4.78, 5) is 11.8. The average molecular weight is 244 g/mol. The molecule has 1 fully saturated rings. The van der Waals surface area contributed by atoms with Crippen LogP contribution in [-0.2, 0) is 4.79 Å². The van der Waals surface area contributed by atoms with Gasteiger partial charge < -0.3 is 9.73 Å². The molecule has 0 aromatic carbocycles. The van der Waals surface area contributed by atoms with E-state index in [1.807, 2.05) is 0 Å². The number of carbonyl (C=O) groups excluding carboxylic acids is 1. The second-order valence-corrected chi connectivity index (χ2v) is 4.59. The van der Waals surface area contributed by atoms with Crippen molar-refractivity contribution in [3.05, 3.63) is 30.2 Å². The maximum Gasteiger partial charge on any atom is 0.245 e. The van der Waals surface area contributed by atoms with Crippen LogP contribution < -0.4 is 5.32 Å². The third kappa shape index (κ3) is 3.01. The first-order valence-electron chi connectivity index (χ1n) is 6.19. The van der Waals surface area contributed by atoms with Gasteiger partial charge in [-0.1, -0.05) is 19.3 Å². The van der Waals surface area contributed by atoms with Crippen LogP contribution in [0.5, 0.6) is 0 Å². The van der Waals surface area contributed by atoms with E-state index in [1.54, 1.807) is 24.5 Å². The molecule has 1 saturated carbocycles. The molecule has 2 rings (SSSR count). The zero-order valence-corrected chi connectivity index (χ0v) is 10.2. The van der Waals surface area contributed by atoms with Gasteiger partial charge in [-0.3, -0.25) is 4.79 Å². The Morgan fingerprint density at radius 3 is 2.83 bits per heavy atom. The molecular weight excluding hydrogens is 228 g/mol. The SMILES string of the molecule is N#CC1(NC(=O)/C=C/c2ccco2)CCCCC1. The van der Waals surface area contributed by atoms with Crippen molar-refractivity contribution in [3.63, 3.8) is 0 Å². The first-order chi connectivity index (χ1) is 8.74. The Morgan fingerprint density at radius 1 is 1.44 bits per heavy atom. The number of nitriles is 1. The Labute approximate surface area is 106 Å². The van der Waals surface area contributed by atoms with Gasteiger partial charge >= 0.3 is 0 Å². The fraction of sp³-hybridized carbons (Fsp3) is 0.429. The van der Waals surface area contributed by atoms with Crippen LogP contribution in [0.15, 0.2) is 28.9 Å². The summed E-state index contributed by atoms with van der Waals surface area (Å²) in [6.45, 7) is 0. The van der Waals surface area contributed by atoms with Crippen LogP contribution in [-0.4, -0.2) is 11.4 Å². The lowest BCUT2D eigenvalue weighted by atomic mass is 9.83. The van der Waals surface area contributed by atoms with Gasteiger partial charge in [0.05, 0.1) is 12.3 Å². The summed E-state index contributed by atoms with van der Waals surface area (Å²) < 4.78 is 5.09. The average Bonchev–Trinajstić information content (AvgIpc) is 2.91. The number of hydrogen-bond donors (Lipinski definition) is 1. The minimum absolute atomic E-state index is 0.241. The summed E-state index contributed by atoms with van der Waals surface area (Å²) in [6.07, 6.45) is 9.17. The smallest absolute Gasteiger partial charge is 0.245 e. The molecule has 94 valence electrons. The highest BCUT2D eigenvalue weighted by Gasteiger charge is 2.32. The molecule has 1 N–H and O–H groups in total. The molecule has 1 amide bonds. The molecule has 4 nitrogen and oxygen atoms in total. The van der Waals surface area contributed by atoms with Crippen LogP contribution >= 0.6 is 0 Å². The van der Waals surface area contributed by atoms with Crippen LogP contribution in [0.25, 0.3) is 6.08 Å². The number of nitrogens with zero attached hydrogens (tertiary/aromatic N) is 1. The van der Waals surface area contributed by atoms with Gasteiger partial charge in [0.1, 0.15) is 11.3 Å². The molecule has 0 radical (unpaired) electrons. The van der Waals surface area contributed by atoms with Crippen molar-refractivity contribution in [2.24, 2.45) is 0 Å². The van der Waals surface area contributed by atoms with Crippen molar-refractivity contribution >= 4 is 12.0 Å². The standard InChI is InChI=1S/C14H16N2O2/c15-11-14(8-2-1-3-9-14)16-13(17)7-6-12-5-4-10-18-12/h4-7,10H,1-3,8-9H2,(H,16,17)/b7-6+. The predicted octanol–water partition coefficient (Wildman–Crippen LogP) is 2.64. The first kappa shape index (κ1) is 12.4. The first-order valence-corrected chi connectivity index (χ1v) is 6.19. The molecule has 0 saturated heterocycles. The number of furan rings is 1. The summed E-state index contributed by atoms with van der Waals surface area (Å²) in [5, 5.41) is 12.1. The quantitative estimate of drug-likeness (QED) is 0.831. The maximum atomic E-state index is 11.8. The highest BCUT2D eigenvalue weighted by molar-refractivity contribution is 5.92. The molecule has 0 atom stereocenters. The van der Waals surface area contributed by atoms with Crippen molar-refractivity contribution in [1.82, 2.24) is 5.32 Å². The van der Waals surface area contributed by atoms with Crippen molar-refractivity contribution in [1.29, 1.82) is 5.26 Å². The molecule has 0 aliphatic heterocycles. The fourth-order valence-electron chi connectivity index (χ4n) is 2.24. The van der Waals surface area contributed by atoms with E-state index in [-0.39, 0.29) is 5.91 Å². The highest BCUT2D eigenvalue weighted by atomic mass is 16.3. The lowest BCUT2D eigenvalue weighted by Crippen LogP contribution is -2.48. The molecule has 4 heteroatoms. The van der Waals surface area contributed by atoms with E-state index in [0.29, 0.717) is 5.76 Å². The Hall–Kier alpha value is -2.02. The summed E-state index contributed by atoms with van der Waals surface area (Å²) in [5.41, 5.74) is -0.678. The monoisotopic (exact) mass is 244 g/mol. The molecule has 1 heterocycles. The predicted molar refractivity (Wildman–Crippen MR) is 67.3 cm³/mol. The minimum atomic E-state index is -0.678. The van der Waals surface area contributed by atoms with Gasteiger partial charge in [-0.05, 0) is 31.1 Å². The number of nitrogens with one attached hydrogen (secondary N) is 1. The number of amides is 1. The summed E-state index contributed by atoms with van der Waals surface area (Å²) in [6, 6.07) is 5.78.